The fraction of sp³-hybridized carbons (Fsp3) is 0. The lowest BCUT2D eigenvalue weighted by molar-refractivity contribution is 1.49. The highest BCUT2D eigenvalue weighted by molar-refractivity contribution is 7.16. The van der Waals surface area contributed by atoms with Crippen molar-refractivity contribution in [2.24, 2.45) is 0 Å². The zero-order chi connectivity index (χ0) is 14.2. The molecular formula is C17H13N3S. The van der Waals surface area contributed by atoms with Crippen molar-refractivity contribution in [1.82, 2.24) is 4.98 Å². The highest BCUT2D eigenvalue weighted by Gasteiger charge is 2.08. The van der Waals surface area contributed by atoms with E-state index in [0.29, 0.717) is 5.69 Å². The predicted octanol–water partition coefficient (Wildman–Crippen LogP) is 4.78. The first-order chi connectivity index (χ1) is 10.3. The highest BCUT2D eigenvalue weighted by atomic mass is 32.1. The van der Waals surface area contributed by atoms with Crippen molar-refractivity contribution in [2.75, 3.05) is 11.1 Å². The van der Waals surface area contributed by atoms with Gasteiger partial charge in [-0.2, -0.15) is 0 Å². The van der Waals surface area contributed by atoms with Gasteiger partial charge in [-0.15, -0.1) is 11.3 Å². The Morgan fingerprint density at radius 3 is 2.71 bits per heavy atom. The summed E-state index contributed by atoms with van der Waals surface area (Å²) in [5.74, 6) is 0. The zero-order valence-electron chi connectivity index (χ0n) is 11.2. The lowest BCUT2D eigenvalue weighted by Gasteiger charge is -2.12. The molecule has 0 saturated carbocycles. The van der Waals surface area contributed by atoms with E-state index in [-0.39, 0.29) is 0 Å². The molecule has 0 aliphatic heterocycles. The molecule has 0 unspecified atom stereocenters. The topological polar surface area (TPSA) is 50.9 Å². The van der Waals surface area contributed by atoms with Crippen LogP contribution in [0, 0.1) is 0 Å². The number of nitrogens with one attached hydrogen (secondary N) is 1. The molecule has 0 atom stereocenters. The summed E-state index contributed by atoms with van der Waals surface area (Å²) in [7, 11) is 0. The normalized spacial score (nSPS) is 11.0. The molecule has 0 radical (unpaired) electrons. The van der Waals surface area contributed by atoms with Crippen LogP contribution in [-0.2, 0) is 0 Å². The zero-order valence-corrected chi connectivity index (χ0v) is 12.0. The quantitative estimate of drug-likeness (QED) is 0.523. The minimum Gasteiger partial charge on any atom is -0.395 e. The molecule has 4 aromatic rings. The Balaban J connectivity index is 1.84. The van der Waals surface area contributed by atoms with Gasteiger partial charge in [-0.25, -0.2) is 4.98 Å². The molecule has 0 aliphatic rings. The third-order valence-electron chi connectivity index (χ3n) is 3.60. The van der Waals surface area contributed by atoms with Crippen LogP contribution in [0.3, 0.4) is 0 Å². The van der Waals surface area contributed by atoms with Crippen LogP contribution >= 0.6 is 11.3 Å². The Kier molecular flexibility index (Phi) is 2.75. The smallest absolute Gasteiger partial charge is 0.106 e. The van der Waals surface area contributed by atoms with Crippen LogP contribution < -0.4 is 11.1 Å². The average molecular weight is 291 g/mol. The van der Waals surface area contributed by atoms with Gasteiger partial charge in [-0.1, -0.05) is 36.4 Å². The van der Waals surface area contributed by atoms with E-state index in [2.05, 4.69) is 40.6 Å². The number of rotatable bonds is 2. The molecule has 3 N–H and O–H groups in total. The Labute approximate surface area is 126 Å². The van der Waals surface area contributed by atoms with Crippen molar-refractivity contribution in [3.05, 3.63) is 60.1 Å². The molecule has 3 nitrogen and oxygen atoms in total. The van der Waals surface area contributed by atoms with Crippen molar-refractivity contribution < 1.29 is 0 Å². The van der Waals surface area contributed by atoms with Crippen LogP contribution in [-0.4, -0.2) is 4.98 Å². The van der Waals surface area contributed by atoms with Crippen molar-refractivity contribution in [2.45, 2.75) is 0 Å². The van der Waals surface area contributed by atoms with Crippen LogP contribution in [0.5, 0.6) is 0 Å². The van der Waals surface area contributed by atoms with Gasteiger partial charge in [0.2, 0.25) is 0 Å². The first-order valence-corrected chi connectivity index (χ1v) is 7.57. The summed E-state index contributed by atoms with van der Waals surface area (Å²) in [5, 5.41) is 5.82. The number of benzene rings is 3. The molecule has 4 rings (SSSR count). The van der Waals surface area contributed by atoms with Gasteiger partial charge in [0.15, 0.2) is 0 Å². The number of anilines is 3. The maximum Gasteiger partial charge on any atom is 0.106 e. The molecule has 102 valence electrons. The molecule has 0 aliphatic carbocycles. The van der Waals surface area contributed by atoms with E-state index >= 15 is 0 Å². The molecule has 3 aromatic carbocycles. The summed E-state index contributed by atoms with van der Waals surface area (Å²) in [6.45, 7) is 0. The molecule has 21 heavy (non-hydrogen) atoms. The van der Waals surface area contributed by atoms with Gasteiger partial charge in [-0.3, -0.25) is 0 Å². The Morgan fingerprint density at radius 1 is 0.905 bits per heavy atom. The second-order valence-electron chi connectivity index (χ2n) is 4.88. The van der Waals surface area contributed by atoms with Gasteiger partial charge >= 0.3 is 0 Å². The molecule has 0 spiro atoms. The Morgan fingerprint density at radius 2 is 1.76 bits per heavy atom. The number of nitrogen functional groups attached to an aromatic ring is 1. The summed E-state index contributed by atoms with van der Waals surface area (Å²) in [6.07, 6.45) is 0. The third-order valence-corrected chi connectivity index (χ3v) is 4.39. The molecule has 0 amide bonds. The number of hydrogen-bond acceptors (Lipinski definition) is 4. The lowest BCUT2D eigenvalue weighted by Crippen LogP contribution is -1.97. The minimum atomic E-state index is 0.696. The number of nitrogens with two attached hydrogens (primary N) is 1. The van der Waals surface area contributed by atoms with Crippen molar-refractivity contribution in [3.8, 4) is 0 Å². The van der Waals surface area contributed by atoms with E-state index in [0.717, 1.165) is 21.6 Å². The van der Waals surface area contributed by atoms with Crippen molar-refractivity contribution in [1.29, 1.82) is 0 Å². The summed E-state index contributed by atoms with van der Waals surface area (Å²) in [5.41, 5.74) is 11.6. The maximum atomic E-state index is 6.24. The molecule has 0 saturated heterocycles. The van der Waals surface area contributed by atoms with Gasteiger partial charge in [0, 0.05) is 11.1 Å². The number of hydrogen-bond donors (Lipinski definition) is 2. The number of aromatic nitrogens is 1. The Hall–Kier alpha value is -2.59. The largest absolute Gasteiger partial charge is 0.395 e. The van der Waals surface area contributed by atoms with E-state index < -0.39 is 0 Å². The molecular weight excluding hydrogens is 278 g/mol. The molecule has 1 aromatic heterocycles. The summed E-state index contributed by atoms with van der Waals surface area (Å²) < 4.78 is 1.11. The van der Waals surface area contributed by atoms with E-state index in [1.165, 1.54) is 10.8 Å². The third kappa shape index (κ3) is 2.00. The van der Waals surface area contributed by atoms with Crippen LogP contribution in [0.15, 0.2) is 60.1 Å². The number of fused-ring (bicyclic) bond motifs is 2. The minimum absolute atomic E-state index is 0.696. The van der Waals surface area contributed by atoms with Gasteiger partial charge in [0.05, 0.1) is 21.6 Å². The van der Waals surface area contributed by atoms with E-state index in [1.54, 1.807) is 11.3 Å². The SMILES string of the molecule is Nc1c(Nc2cccc3ccccc23)ccc2scnc12. The van der Waals surface area contributed by atoms with Crippen molar-refractivity contribution >= 4 is 49.4 Å². The van der Waals surface area contributed by atoms with Gasteiger partial charge in [0.25, 0.3) is 0 Å². The summed E-state index contributed by atoms with van der Waals surface area (Å²) in [4.78, 5) is 4.34. The number of nitrogens with zero attached hydrogens (tertiary/aromatic N) is 1. The first-order valence-electron chi connectivity index (χ1n) is 6.69. The number of thiazole rings is 1. The monoisotopic (exact) mass is 291 g/mol. The van der Waals surface area contributed by atoms with E-state index in [1.807, 2.05) is 29.8 Å². The maximum absolute atomic E-state index is 6.24. The molecule has 4 heteroatoms. The standard InChI is InChI=1S/C17H13N3S/c18-16-14(8-9-15-17(16)19-10-21-15)20-13-7-3-5-11-4-1-2-6-12(11)13/h1-10,20H,18H2. The van der Waals surface area contributed by atoms with Crippen LogP contribution in [0.1, 0.15) is 0 Å². The van der Waals surface area contributed by atoms with Gasteiger partial charge in [0.1, 0.15) is 5.52 Å². The van der Waals surface area contributed by atoms with Crippen LogP contribution in [0.25, 0.3) is 21.0 Å². The lowest BCUT2D eigenvalue weighted by atomic mass is 10.1. The van der Waals surface area contributed by atoms with Crippen LogP contribution in [0.2, 0.25) is 0 Å². The van der Waals surface area contributed by atoms with E-state index in [4.69, 9.17) is 5.73 Å². The predicted molar refractivity (Wildman–Crippen MR) is 91.3 cm³/mol. The van der Waals surface area contributed by atoms with Gasteiger partial charge in [-0.05, 0) is 23.6 Å². The summed E-state index contributed by atoms with van der Waals surface area (Å²) in [6, 6.07) is 18.6. The first kappa shape index (κ1) is 12.2. The second-order valence-corrected chi connectivity index (χ2v) is 5.76. The van der Waals surface area contributed by atoms with Crippen molar-refractivity contribution in [3.63, 3.8) is 0 Å². The summed E-state index contributed by atoms with van der Waals surface area (Å²) >= 11 is 1.60. The molecule has 1 heterocycles. The van der Waals surface area contributed by atoms with Gasteiger partial charge < -0.3 is 11.1 Å². The molecule has 0 fully saturated rings. The van der Waals surface area contributed by atoms with E-state index in [9.17, 15) is 0 Å². The fourth-order valence-electron chi connectivity index (χ4n) is 2.54. The highest BCUT2D eigenvalue weighted by Crippen LogP contribution is 2.33. The molecule has 0 bridgehead atoms. The average Bonchev–Trinajstić information content (AvgIpc) is 3.00. The second kappa shape index (κ2) is 4.75. The Bertz CT molecular complexity index is 938. The fourth-order valence-corrected chi connectivity index (χ4v) is 3.23. The van der Waals surface area contributed by atoms with Crippen LogP contribution in [0.4, 0.5) is 17.1 Å².